The molecular weight excluding hydrogens is 347 g/mol. The number of hydrogen-bond donors (Lipinski definition) is 2. The maximum Gasteiger partial charge on any atom is 0.238 e. The van der Waals surface area contributed by atoms with Crippen molar-refractivity contribution >= 4 is 23.2 Å². The van der Waals surface area contributed by atoms with Crippen LogP contribution in [0.2, 0.25) is 5.02 Å². The predicted octanol–water partition coefficient (Wildman–Crippen LogP) is 3.27. The zero-order chi connectivity index (χ0) is 18.2. The van der Waals surface area contributed by atoms with Crippen molar-refractivity contribution in [1.29, 1.82) is 0 Å². The van der Waals surface area contributed by atoms with Crippen molar-refractivity contribution in [2.45, 2.75) is 6.42 Å². The van der Waals surface area contributed by atoms with Gasteiger partial charge in [-0.1, -0.05) is 23.7 Å². The first-order chi connectivity index (χ1) is 12.0. The van der Waals surface area contributed by atoms with E-state index in [2.05, 4.69) is 10.6 Å². The molecule has 5 nitrogen and oxygen atoms in total. The number of benzene rings is 2. The Morgan fingerprint density at radius 2 is 1.80 bits per heavy atom. The molecule has 0 aromatic heterocycles. The monoisotopic (exact) mass is 366 g/mol. The van der Waals surface area contributed by atoms with Crippen molar-refractivity contribution in [2.75, 3.05) is 32.6 Å². The predicted molar refractivity (Wildman–Crippen MR) is 96.2 cm³/mol. The molecule has 0 aliphatic rings. The molecule has 0 heterocycles. The molecule has 0 atom stereocenters. The Hall–Kier alpha value is -2.31. The summed E-state index contributed by atoms with van der Waals surface area (Å²) in [5, 5.41) is 6.19. The second kappa shape index (κ2) is 9.25. The lowest BCUT2D eigenvalue weighted by Gasteiger charge is -2.13. The van der Waals surface area contributed by atoms with Crippen molar-refractivity contribution < 1.29 is 18.7 Å². The van der Waals surface area contributed by atoms with Gasteiger partial charge >= 0.3 is 0 Å². The molecular formula is C18H20ClFN2O3. The molecule has 0 aliphatic carbocycles. The number of amides is 1. The van der Waals surface area contributed by atoms with Gasteiger partial charge in [-0.3, -0.25) is 4.79 Å². The van der Waals surface area contributed by atoms with Gasteiger partial charge in [0.05, 0.1) is 31.5 Å². The van der Waals surface area contributed by atoms with Crippen LogP contribution in [-0.2, 0) is 11.2 Å². The summed E-state index contributed by atoms with van der Waals surface area (Å²) >= 11 is 6.03. The van der Waals surface area contributed by atoms with E-state index in [4.69, 9.17) is 21.1 Å². The van der Waals surface area contributed by atoms with Crippen molar-refractivity contribution in [3.8, 4) is 11.5 Å². The van der Waals surface area contributed by atoms with E-state index < -0.39 is 0 Å². The van der Waals surface area contributed by atoms with Crippen molar-refractivity contribution in [3.63, 3.8) is 0 Å². The van der Waals surface area contributed by atoms with Crippen LogP contribution in [0.1, 0.15) is 5.56 Å². The molecule has 0 saturated carbocycles. The fourth-order valence-corrected chi connectivity index (χ4v) is 2.47. The Bertz CT molecular complexity index is 723. The van der Waals surface area contributed by atoms with Crippen LogP contribution < -0.4 is 20.1 Å². The number of anilines is 1. The third-order valence-corrected chi connectivity index (χ3v) is 3.83. The van der Waals surface area contributed by atoms with Gasteiger partial charge in [0, 0.05) is 12.1 Å². The van der Waals surface area contributed by atoms with E-state index in [-0.39, 0.29) is 18.3 Å². The van der Waals surface area contributed by atoms with Gasteiger partial charge in [-0.15, -0.1) is 0 Å². The number of ether oxygens (including phenoxy) is 2. The lowest BCUT2D eigenvalue weighted by atomic mass is 10.1. The maximum atomic E-state index is 12.8. The topological polar surface area (TPSA) is 59.6 Å². The van der Waals surface area contributed by atoms with Crippen molar-refractivity contribution in [1.82, 2.24) is 5.32 Å². The Balaban J connectivity index is 1.84. The molecule has 2 N–H and O–H groups in total. The van der Waals surface area contributed by atoms with Crippen LogP contribution >= 0.6 is 11.6 Å². The van der Waals surface area contributed by atoms with Crippen LogP contribution in [0.5, 0.6) is 11.5 Å². The highest BCUT2D eigenvalue weighted by molar-refractivity contribution is 6.32. The SMILES string of the molecule is COc1cc(NC(=O)CNCCc2ccc(F)cc2)c(OC)cc1Cl. The summed E-state index contributed by atoms with van der Waals surface area (Å²) in [6.07, 6.45) is 0.700. The minimum absolute atomic E-state index is 0.134. The van der Waals surface area contributed by atoms with Crippen LogP contribution in [-0.4, -0.2) is 33.2 Å². The number of rotatable bonds is 8. The average molecular weight is 367 g/mol. The standard InChI is InChI=1S/C18H20ClFN2O3/c1-24-16-10-15(17(25-2)9-14(16)19)22-18(23)11-21-8-7-12-3-5-13(20)6-4-12/h3-6,9-10,21H,7-8,11H2,1-2H3,(H,22,23). The molecule has 25 heavy (non-hydrogen) atoms. The van der Waals surface area contributed by atoms with E-state index in [0.29, 0.717) is 35.2 Å². The summed E-state index contributed by atoms with van der Waals surface area (Å²) in [5.74, 6) is 0.415. The molecule has 0 saturated heterocycles. The van der Waals surface area contributed by atoms with Crippen LogP contribution in [0.15, 0.2) is 36.4 Å². The van der Waals surface area contributed by atoms with Gasteiger partial charge in [-0.2, -0.15) is 0 Å². The Labute approximate surface area is 151 Å². The van der Waals surface area contributed by atoms with Crippen molar-refractivity contribution in [3.05, 3.63) is 52.8 Å². The van der Waals surface area contributed by atoms with Crippen LogP contribution in [0.4, 0.5) is 10.1 Å². The van der Waals surface area contributed by atoms with Crippen LogP contribution in [0, 0.1) is 5.82 Å². The highest BCUT2D eigenvalue weighted by Crippen LogP contribution is 2.35. The lowest BCUT2D eigenvalue weighted by molar-refractivity contribution is -0.115. The quantitative estimate of drug-likeness (QED) is 0.704. The van der Waals surface area contributed by atoms with Crippen LogP contribution in [0.3, 0.4) is 0 Å². The van der Waals surface area contributed by atoms with Gasteiger partial charge in [-0.25, -0.2) is 4.39 Å². The molecule has 2 rings (SSSR count). The highest BCUT2D eigenvalue weighted by Gasteiger charge is 2.12. The molecule has 0 radical (unpaired) electrons. The molecule has 0 bridgehead atoms. The average Bonchev–Trinajstić information content (AvgIpc) is 2.61. The fraction of sp³-hybridized carbons (Fsp3) is 0.278. The Morgan fingerprint density at radius 1 is 1.12 bits per heavy atom. The van der Waals surface area contributed by atoms with Crippen molar-refractivity contribution in [2.24, 2.45) is 0 Å². The lowest BCUT2D eigenvalue weighted by Crippen LogP contribution is -2.29. The molecule has 0 spiro atoms. The first kappa shape index (κ1) is 19.0. The van der Waals surface area contributed by atoms with E-state index in [9.17, 15) is 9.18 Å². The summed E-state index contributed by atoms with van der Waals surface area (Å²) in [5.41, 5.74) is 1.48. The molecule has 1 amide bonds. The number of carbonyl (C=O) groups is 1. The van der Waals surface area contributed by atoms with Gasteiger partial charge in [0.1, 0.15) is 17.3 Å². The number of carbonyl (C=O) groups excluding carboxylic acids is 1. The van der Waals surface area contributed by atoms with Gasteiger partial charge < -0.3 is 20.1 Å². The molecule has 0 unspecified atom stereocenters. The van der Waals surface area contributed by atoms with Gasteiger partial charge in [0.2, 0.25) is 5.91 Å². The third-order valence-electron chi connectivity index (χ3n) is 3.54. The number of nitrogens with one attached hydrogen (secondary N) is 2. The van der Waals surface area contributed by atoms with Gasteiger partial charge in [0.15, 0.2) is 0 Å². The zero-order valence-electron chi connectivity index (χ0n) is 14.1. The Morgan fingerprint density at radius 3 is 2.44 bits per heavy atom. The zero-order valence-corrected chi connectivity index (χ0v) is 14.8. The van der Waals surface area contributed by atoms with Gasteiger partial charge in [-0.05, 0) is 30.7 Å². The van der Waals surface area contributed by atoms with E-state index in [1.54, 1.807) is 24.3 Å². The number of hydrogen-bond acceptors (Lipinski definition) is 4. The number of methoxy groups -OCH3 is 2. The normalized spacial score (nSPS) is 10.4. The maximum absolute atomic E-state index is 12.8. The van der Waals surface area contributed by atoms with E-state index in [0.717, 1.165) is 5.56 Å². The third kappa shape index (κ3) is 5.62. The minimum atomic E-state index is -0.261. The Kier molecular flexibility index (Phi) is 7.03. The molecule has 2 aromatic rings. The molecule has 2 aromatic carbocycles. The molecule has 134 valence electrons. The molecule has 7 heteroatoms. The molecule has 0 aliphatic heterocycles. The summed E-state index contributed by atoms with van der Waals surface area (Å²) in [4.78, 5) is 12.1. The first-order valence-electron chi connectivity index (χ1n) is 7.70. The van der Waals surface area contributed by atoms with Gasteiger partial charge in [0.25, 0.3) is 0 Å². The van der Waals surface area contributed by atoms with E-state index >= 15 is 0 Å². The second-order valence-corrected chi connectivity index (χ2v) is 5.70. The highest BCUT2D eigenvalue weighted by atomic mass is 35.5. The summed E-state index contributed by atoms with van der Waals surface area (Å²) < 4.78 is 23.2. The van der Waals surface area contributed by atoms with E-state index in [1.807, 2.05) is 0 Å². The summed E-state index contributed by atoms with van der Waals surface area (Å²) in [6, 6.07) is 9.48. The summed E-state index contributed by atoms with van der Waals surface area (Å²) in [6.45, 7) is 0.732. The summed E-state index contributed by atoms with van der Waals surface area (Å²) in [7, 11) is 2.99. The molecule has 0 fully saturated rings. The van der Waals surface area contributed by atoms with Crippen LogP contribution in [0.25, 0.3) is 0 Å². The minimum Gasteiger partial charge on any atom is -0.495 e. The number of halogens is 2. The fourth-order valence-electron chi connectivity index (χ4n) is 2.24. The second-order valence-electron chi connectivity index (χ2n) is 5.29. The largest absolute Gasteiger partial charge is 0.495 e. The van der Waals surface area contributed by atoms with E-state index in [1.165, 1.54) is 26.4 Å². The first-order valence-corrected chi connectivity index (χ1v) is 8.08. The smallest absolute Gasteiger partial charge is 0.238 e.